The number of aromatic nitrogens is 5. The highest BCUT2D eigenvalue weighted by molar-refractivity contribution is 6.31. The van der Waals surface area contributed by atoms with Gasteiger partial charge in [0.2, 0.25) is 0 Å². The van der Waals surface area contributed by atoms with Crippen LogP contribution in [0.1, 0.15) is 0 Å². The summed E-state index contributed by atoms with van der Waals surface area (Å²) in [4.78, 5) is 16.6. The summed E-state index contributed by atoms with van der Waals surface area (Å²) in [6.45, 7) is 5.84. The van der Waals surface area contributed by atoms with Crippen LogP contribution in [-0.4, -0.2) is 81.9 Å². The number of hydrogen-bond donors (Lipinski definition) is 0. The second kappa shape index (κ2) is 9.50. The molecule has 10 heteroatoms. The fraction of sp³-hybridized carbons (Fsp3) is 0.286. The quantitative estimate of drug-likeness (QED) is 0.336. The van der Waals surface area contributed by atoms with Crippen LogP contribution in [0.5, 0.6) is 0 Å². The number of anilines is 3. The Labute approximate surface area is 225 Å². The average Bonchev–Trinajstić information content (AvgIpc) is 3.41. The zero-order valence-corrected chi connectivity index (χ0v) is 21.8. The van der Waals surface area contributed by atoms with Gasteiger partial charge < -0.3 is 14.5 Å². The predicted octanol–water partition coefficient (Wildman–Crippen LogP) is 4.28. The van der Waals surface area contributed by atoms with Crippen LogP contribution in [0.4, 0.5) is 17.3 Å². The number of rotatable bonds is 5. The predicted molar refractivity (Wildman–Crippen MR) is 149 cm³/mol. The first-order valence-electron chi connectivity index (χ1n) is 12.8. The van der Waals surface area contributed by atoms with E-state index in [2.05, 4.69) is 61.3 Å². The van der Waals surface area contributed by atoms with E-state index in [1.807, 2.05) is 35.8 Å². The summed E-state index contributed by atoms with van der Waals surface area (Å²) in [7, 11) is 2.01. The minimum Gasteiger partial charge on any atom is -0.378 e. The van der Waals surface area contributed by atoms with Gasteiger partial charge in [-0.1, -0.05) is 23.7 Å². The SMILES string of the molecule is CN(c1cccc(-c2ccc(N3CCN(C4COC4)CC3)nc2)c1)c1nc2nncn2c2cc(Cl)ccc12. The molecule has 9 nitrogen and oxygen atoms in total. The van der Waals surface area contributed by atoms with Gasteiger partial charge in [0.15, 0.2) is 0 Å². The number of pyridine rings is 1. The first-order chi connectivity index (χ1) is 18.6. The zero-order chi connectivity index (χ0) is 25.6. The van der Waals surface area contributed by atoms with Gasteiger partial charge in [-0.15, -0.1) is 10.2 Å². The summed E-state index contributed by atoms with van der Waals surface area (Å²) < 4.78 is 7.21. The molecule has 0 spiro atoms. The lowest BCUT2D eigenvalue weighted by Crippen LogP contribution is -2.56. The van der Waals surface area contributed by atoms with Gasteiger partial charge in [-0.2, -0.15) is 4.98 Å². The van der Waals surface area contributed by atoms with Gasteiger partial charge in [0.05, 0.1) is 24.8 Å². The van der Waals surface area contributed by atoms with Crippen molar-refractivity contribution in [2.75, 3.05) is 56.2 Å². The summed E-state index contributed by atoms with van der Waals surface area (Å²) in [6, 6.07) is 19.1. The molecule has 0 atom stereocenters. The van der Waals surface area contributed by atoms with Gasteiger partial charge in [-0.05, 0) is 48.0 Å². The summed E-state index contributed by atoms with van der Waals surface area (Å²) in [5.74, 6) is 2.34. The van der Waals surface area contributed by atoms with Crippen molar-refractivity contribution in [1.82, 2.24) is 29.5 Å². The Morgan fingerprint density at radius 1 is 0.974 bits per heavy atom. The van der Waals surface area contributed by atoms with E-state index in [0.29, 0.717) is 16.8 Å². The monoisotopic (exact) mass is 526 g/mol. The topological polar surface area (TPSA) is 74.9 Å². The third kappa shape index (κ3) is 4.13. The van der Waals surface area contributed by atoms with Crippen LogP contribution in [0.2, 0.25) is 5.02 Å². The number of nitrogens with zero attached hydrogens (tertiary/aromatic N) is 8. The number of fused-ring (bicyclic) bond motifs is 3. The van der Waals surface area contributed by atoms with Crippen LogP contribution in [-0.2, 0) is 4.74 Å². The molecule has 38 heavy (non-hydrogen) atoms. The van der Waals surface area contributed by atoms with Crippen molar-refractivity contribution < 1.29 is 4.74 Å². The zero-order valence-electron chi connectivity index (χ0n) is 21.0. The molecule has 2 saturated heterocycles. The van der Waals surface area contributed by atoms with Crippen LogP contribution < -0.4 is 9.80 Å². The third-order valence-electron chi connectivity index (χ3n) is 7.60. The fourth-order valence-electron chi connectivity index (χ4n) is 5.29. The lowest BCUT2D eigenvalue weighted by atomic mass is 10.1. The maximum absolute atomic E-state index is 6.31. The fourth-order valence-corrected chi connectivity index (χ4v) is 5.46. The molecule has 2 aromatic carbocycles. The van der Waals surface area contributed by atoms with Crippen molar-refractivity contribution in [2.24, 2.45) is 0 Å². The van der Waals surface area contributed by atoms with E-state index < -0.39 is 0 Å². The highest BCUT2D eigenvalue weighted by Gasteiger charge is 2.29. The Bertz CT molecular complexity index is 1610. The lowest BCUT2D eigenvalue weighted by molar-refractivity contribution is -0.0660. The van der Waals surface area contributed by atoms with E-state index in [9.17, 15) is 0 Å². The molecule has 0 saturated carbocycles. The van der Waals surface area contributed by atoms with E-state index in [-0.39, 0.29) is 0 Å². The van der Waals surface area contributed by atoms with E-state index in [4.69, 9.17) is 26.3 Å². The summed E-state index contributed by atoms with van der Waals surface area (Å²) in [5.41, 5.74) is 4.09. The molecule has 2 fully saturated rings. The number of benzene rings is 2. The van der Waals surface area contributed by atoms with Crippen molar-refractivity contribution >= 4 is 45.6 Å². The summed E-state index contributed by atoms with van der Waals surface area (Å²) >= 11 is 6.31. The van der Waals surface area contributed by atoms with Gasteiger partial charge >= 0.3 is 0 Å². The molecular weight excluding hydrogens is 500 g/mol. The van der Waals surface area contributed by atoms with Crippen LogP contribution in [0.25, 0.3) is 27.8 Å². The molecule has 0 amide bonds. The Morgan fingerprint density at radius 2 is 1.84 bits per heavy atom. The standard InChI is InChI=1S/C28H27ClN8O/c1-34(27-24-7-6-21(29)14-25(24)37-18-31-33-28(37)32-27)22-4-2-3-19(13-22)20-5-8-26(30-15-20)36-11-9-35(10-12-36)23-16-38-17-23/h2-8,13-15,18,23H,9-12,16-17H2,1H3. The highest BCUT2D eigenvalue weighted by atomic mass is 35.5. The molecule has 192 valence electrons. The van der Waals surface area contributed by atoms with E-state index in [0.717, 1.165) is 78.7 Å². The second-order valence-electron chi connectivity index (χ2n) is 9.83. The molecule has 5 heterocycles. The maximum Gasteiger partial charge on any atom is 0.257 e. The van der Waals surface area contributed by atoms with Crippen LogP contribution in [0.15, 0.2) is 67.1 Å². The first-order valence-corrected chi connectivity index (χ1v) is 13.2. The van der Waals surface area contributed by atoms with E-state index in [1.54, 1.807) is 6.33 Å². The summed E-state index contributed by atoms with van der Waals surface area (Å²) in [5, 5.41) is 9.83. The van der Waals surface area contributed by atoms with Crippen molar-refractivity contribution in [3.63, 3.8) is 0 Å². The molecule has 0 N–H and O–H groups in total. The van der Waals surface area contributed by atoms with E-state index in [1.165, 1.54) is 0 Å². The highest BCUT2D eigenvalue weighted by Crippen LogP contribution is 2.33. The molecule has 3 aromatic heterocycles. The first kappa shape index (κ1) is 23.3. The molecule has 2 aliphatic heterocycles. The maximum atomic E-state index is 6.31. The van der Waals surface area contributed by atoms with Crippen molar-refractivity contribution in [3.05, 3.63) is 72.1 Å². The van der Waals surface area contributed by atoms with Gasteiger partial charge in [0.25, 0.3) is 5.78 Å². The molecule has 2 aliphatic rings. The normalized spacial score (nSPS) is 16.7. The Hall–Kier alpha value is -3.79. The molecule has 0 aliphatic carbocycles. The van der Waals surface area contributed by atoms with Crippen molar-refractivity contribution in [2.45, 2.75) is 6.04 Å². The largest absolute Gasteiger partial charge is 0.378 e. The Balaban J connectivity index is 1.14. The van der Waals surface area contributed by atoms with Crippen LogP contribution in [0.3, 0.4) is 0 Å². The summed E-state index contributed by atoms with van der Waals surface area (Å²) in [6.07, 6.45) is 3.63. The van der Waals surface area contributed by atoms with Gasteiger partial charge in [-0.25, -0.2) is 4.98 Å². The molecule has 0 unspecified atom stereocenters. The molecule has 5 aromatic rings. The van der Waals surface area contributed by atoms with Crippen LogP contribution >= 0.6 is 11.6 Å². The Kier molecular flexibility index (Phi) is 5.84. The van der Waals surface area contributed by atoms with Gasteiger partial charge in [0, 0.05) is 61.1 Å². The van der Waals surface area contributed by atoms with E-state index >= 15 is 0 Å². The Morgan fingerprint density at radius 3 is 2.61 bits per heavy atom. The number of halogens is 1. The third-order valence-corrected chi connectivity index (χ3v) is 7.84. The molecule has 7 rings (SSSR count). The minimum atomic E-state index is 0.527. The lowest BCUT2D eigenvalue weighted by Gasteiger charge is -2.42. The average molecular weight is 527 g/mol. The van der Waals surface area contributed by atoms with Crippen molar-refractivity contribution in [1.29, 1.82) is 0 Å². The van der Waals surface area contributed by atoms with Gasteiger partial charge in [0.1, 0.15) is 18.0 Å². The minimum absolute atomic E-state index is 0.527. The van der Waals surface area contributed by atoms with Crippen LogP contribution in [0, 0.1) is 0 Å². The number of ether oxygens (including phenoxy) is 1. The second-order valence-corrected chi connectivity index (χ2v) is 10.3. The smallest absolute Gasteiger partial charge is 0.257 e. The molecule has 0 radical (unpaired) electrons. The van der Waals surface area contributed by atoms with Gasteiger partial charge in [-0.3, -0.25) is 9.30 Å². The molecular formula is C28H27ClN8O. The number of hydrogen-bond acceptors (Lipinski definition) is 8. The number of piperazine rings is 1. The molecule has 0 bridgehead atoms. The van der Waals surface area contributed by atoms with Crippen molar-refractivity contribution in [3.8, 4) is 11.1 Å².